The number of amides is 1. The SMILES string of the molecule is O=C1CCC2(O1)[C@@H](O)C[C@@H]1CCN(S(=O)(=O)c3ccccc3)C[C@@]13CCN(C(=O)OCc1ccccc1)[C@@H]23. The van der Waals surface area contributed by atoms with Crippen molar-refractivity contribution in [3.8, 4) is 0 Å². The molecule has 3 saturated heterocycles. The molecule has 3 heterocycles. The maximum atomic E-state index is 13.6. The van der Waals surface area contributed by atoms with Crippen molar-refractivity contribution < 1.29 is 32.6 Å². The van der Waals surface area contributed by atoms with Gasteiger partial charge in [0.1, 0.15) is 6.61 Å². The zero-order chi connectivity index (χ0) is 26.5. The molecule has 9 nitrogen and oxygen atoms in total. The van der Waals surface area contributed by atoms with Gasteiger partial charge in [-0.25, -0.2) is 13.2 Å². The van der Waals surface area contributed by atoms with Crippen molar-refractivity contribution in [2.75, 3.05) is 19.6 Å². The molecule has 0 bridgehead atoms. The summed E-state index contributed by atoms with van der Waals surface area (Å²) in [5.41, 5.74) is -1.11. The summed E-state index contributed by atoms with van der Waals surface area (Å²) in [6.07, 6.45) is 0.417. The number of nitrogens with zero attached hydrogens (tertiary/aromatic N) is 2. The predicted octanol–water partition coefficient (Wildman–Crippen LogP) is 2.94. The number of likely N-dealkylation sites (tertiary alicyclic amines) is 1. The molecule has 0 radical (unpaired) electrons. The van der Waals surface area contributed by atoms with Crippen LogP contribution >= 0.6 is 0 Å². The van der Waals surface area contributed by atoms with Gasteiger partial charge >= 0.3 is 12.1 Å². The van der Waals surface area contributed by atoms with Gasteiger partial charge in [-0.15, -0.1) is 0 Å². The van der Waals surface area contributed by atoms with Crippen LogP contribution < -0.4 is 0 Å². The Morgan fingerprint density at radius 3 is 2.45 bits per heavy atom. The number of esters is 1. The summed E-state index contributed by atoms with van der Waals surface area (Å²) in [6.45, 7) is 0.936. The molecule has 10 heteroatoms. The van der Waals surface area contributed by atoms with Crippen molar-refractivity contribution in [1.82, 2.24) is 9.21 Å². The van der Waals surface area contributed by atoms with E-state index in [2.05, 4.69) is 0 Å². The van der Waals surface area contributed by atoms with Crippen LogP contribution in [0, 0.1) is 11.3 Å². The van der Waals surface area contributed by atoms with Gasteiger partial charge in [-0.2, -0.15) is 4.31 Å². The summed E-state index contributed by atoms with van der Waals surface area (Å²) in [4.78, 5) is 27.8. The average Bonchev–Trinajstić information content (AvgIpc) is 3.51. The van der Waals surface area contributed by atoms with E-state index in [0.717, 1.165) is 5.56 Å². The van der Waals surface area contributed by atoms with Crippen LogP contribution in [0.2, 0.25) is 0 Å². The minimum atomic E-state index is -3.77. The van der Waals surface area contributed by atoms with E-state index in [1.165, 1.54) is 4.31 Å². The highest BCUT2D eigenvalue weighted by Crippen LogP contribution is 2.60. The molecule has 1 N–H and O–H groups in total. The zero-order valence-corrected chi connectivity index (χ0v) is 21.9. The molecule has 38 heavy (non-hydrogen) atoms. The van der Waals surface area contributed by atoms with Crippen molar-refractivity contribution in [2.24, 2.45) is 11.3 Å². The lowest BCUT2D eigenvalue weighted by Gasteiger charge is -2.59. The second kappa shape index (κ2) is 9.36. The van der Waals surface area contributed by atoms with Gasteiger partial charge in [-0.3, -0.25) is 4.79 Å². The molecule has 6 rings (SSSR count). The second-order valence-corrected chi connectivity index (χ2v) is 12.9. The molecule has 2 aromatic carbocycles. The number of fused-ring (bicyclic) bond motifs is 1. The van der Waals surface area contributed by atoms with E-state index >= 15 is 0 Å². The highest BCUT2D eigenvalue weighted by Gasteiger charge is 2.71. The summed E-state index contributed by atoms with van der Waals surface area (Å²) in [6, 6.07) is 17.0. The number of carbonyl (C=O) groups excluding carboxylic acids is 2. The van der Waals surface area contributed by atoms with Crippen molar-refractivity contribution in [3.63, 3.8) is 0 Å². The lowest BCUT2D eigenvalue weighted by Crippen LogP contribution is -2.71. The fraction of sp³-hybridized carbons (Fsp3) is 0.500. The third kappa shape index (κ3) is 3.92. The lowest BCUT2D eigenvalue weighted by atomic mass is 9.54. The van der Waals surface area contributed by atoms with Crippen LogP contribution in [0.3, 0.4) is 0 Å². The molecule has 1 unspecified atom stereocenters. The first kappa shape index (κ1) is 25.3. The fourth-order valence-corrected chi connectivity index (χ4v) is 8.92. The predicted molar refractivity (Wildman–Crippen MR) is 136 cm³/mol. The number of rotatable bonds is 4. The molecular weight excluding hydrogens is 508 g/mol. The molecule has 2 aromatic rings. The molecule has 4 aliphatic rings. The van der Waals surface area contributed by atoms with E-state index in [9.17, 15) is 23.1 Å². The largest absolute Gasteiger partial charge is 0.454 e. The van der Waals surface area contributed by atoms with E-state index in [1.54, 1.807) is 35.2 Å². The minimum absolute atomic E-state index is 0.0263. The van der Waals surface area contributed by atoms with Gasteiger partial charge in [0.05, 0.1) is 17.0 Å². The molecule has 3 aliphatic heterocycles. The number of carbonyl (C=O) groups is 2. The number of hydrogen-bond acceptors (Lipinski definition) is 7. The van der Waals surface area contributed by atoms with Crippen LogP contribution in [0.25, 0.3) is 0 Å². The van der Waals surface area contributed by atoms with E-state index in [-0.39, 0.29) is 36.8 Å². The monoisotopic (exact) mass is 540 g/mol. The summed E-state index contributed by atoms with van der Waals surface area (Å²) < 4.78 is 40.4. The Balaban J connectivity index is 1.36. The summed E-state index contributed by atoms with van der Waals surface area (Å²) in [5.74, 6) is -0.437. The molecule has 1 saturated carbocycles. The standard InChI is InChI=1S/C28H32N2O7S/c31-23-17-21-12-15-29(38(34,35)22-9-5-2-6-10-22)19-27(21)14-16-30(25(27)28(23)13-11-24(32)37-28)26(33)36-18-20-7-3-1-4-8-20/h1-10,21,23,25,31H,11-19H2/t21-,23-,25+,27-,28?/m0/s1. The van der Waals surface area contributed by atoms with Gasteiger partial charge in [-0.1, -0.05) is 48.5 Å². The summed E-state index contributed by atoms with van der Waals surface area (Å²) in [7, 11) is -3.77. The molecule has 1 aliphatic carbocycles. The maximum absolute atomic E-state index is 13.6. The van der Waals surface area contributed by atoms with Crippen LogP contribution in [0.1, 0.15) is 37.7 Å². The zero-order valence-electron chi connectivity index (χ0n) is 21.1. The van der Waals surface area contributed by atoms with Gasteiger partial charge in [0.25, 0.3) is 0 Å². The Bertz CT molecular complexity index is 1320. The quantitative estimate of drug-likeness (QED) is 0.593. The Kier molecular flexibility index (Phi) is 6.24. The smallest absolute Gasteiger partial charge is 0.410 e. The highest BCUT2D eigenvalue weighted by molar-refractivity contribution is 7.89. The van der Waals surface area contributed by atoms with Gasteiger partial charge in [-0.05, 0) is 42.9 Å². The van der Waals surface area contributed by atoms with Crippen molar-refractivity contribution in [3.05, 3.63) is 66.2 Å². The molecule has 1 amide bonds. The topological polar surface area (TPSA) is 113 Å². The van der Waals surface area contributed by atoms with E-state index < -0.39 is 45.2 Å². The van der Waals surface area contributed by atoms with Crippen LogP contribution in [-0.4, -0.2) is 72.2 Å². The van der Waals surface area contributed by atoms with Gasteiger partial charge < -0.3 is 19.5 Å². The van der Waals surface area contributed by atoms with Crippen molar-refractivity contribution in [1.29, 1.82) is 0 Å². The van der Waals surface area contributed by atoms with E-state index in [0.29, 0.717) is 32.4 Å². The Hall–Kier alpha value is -2.95. The Morgan fingerprint density at radius 2 is 1.76 bits per heavy atom. The Labute approximate surface area is 222 Å². The molecule has 0 aromatic heterocycles. The van der Waals surface area contributed by atoms with Gasteiger partial charge in [0, 0.05) is 37.9 Å². The van der Waals surface area contributed by atoms with Gasteiger partial charge in [0.2, 0.25) is 10.0 Å². The van der Waals surface area contributed by atoms with E-state index in [4.69, 9.17) is 9.47 Å². The first-order valence-electron chi connectivity index (χ1n) is 13.2. The number of hydrogen-bond donors (Lipinski definition) is 1. The van der Waals surface area contributed by atoms with Gasteiger partial charge in [0.15, 0.2) is 5.60 Å². The minimum Gasteiger partial charge on any atom is -0.454 e. The maximum Gasteiger partial charge on any atom is 0.410 e. The van der Waals surface area contributed by atoms with Crippen molar-refractivity contribution >= 4 is 22.1 Å². The molecule has 4 fully saturated rings. The molecule has 5 atom stereocenters. The summed E-state index contributed by atoms with van der Waals surface area (Å²) in [5, 5.41) is 11.4. The number of aliphatic hydroxyl groups excluding tert-OH is 1. The second-order valence-electron chi connectivity index (χ2n) is 10.9. The first-order valence-corrected chi connectivity index (χ1v) is 14.6. The number of sulfonamides is 1. The lowest BCUT2D eigenvalue weighted by molar-refractivity contribution is -0.205. The van der Waals surface area contributed by atoms with Crippen LogP contribution in [0.15, 0.2) is 65.6 Å². The van der Waals surface area contributed by atoms with Crippen LogP contribution in [-0.2, 0) is 30.9 Å². The third-order valence-electron chi connectivity index (χ3n) is 9.06. The fourth-order valence-electron chi connectivity index (χ4n) is 7.36. The first-order chi connectivity index (χ1) is 18.3. The van der Waals surface area contributed by atoms with E-state index in [1.807, 2.05) is 30.3 Å². The third-order valence-corrected chi connectivity index (χ3v) is 10.9. The number of aliphatic hydroxyl groups is 1. The average molecular weight is 541 g/mol. The van der Waals surface area contributed by atoms with Crippen LogP contribution in [0.4, 0.5) is 4.79 Å². The summed E-state index contributed by atoms with van der Waals surface area (Å²) >= 11 is 0. The molecular formula is C28H32N2O7S. The van der Waals surface area contributed by atoms with Crippen LogP contribution in [0.5, 0.6) is 0 Å². The number of piperidine rings is 1. The Morgan fingerprint density at radius 1 is 1.05 bits per heavy atom. The molecule has 2 spiro atoms. The number of ether oxygens (including phenoxy) is 2. The molecule has 202 valence electrons. The van der Waals surface area contributed by atoms with Crippen molar-refractivity contribution in [2.45, 2.75) is 61.4 Å². The normalized spacial score (nSPS) is 33.0. The number of benzene rings is 2. The highest BCUT2D eigenvalue weighted by atomic mass is 32.2.